The molecule has 0 aliphatic carbocycles. The standard InChI is InChI=1S/C27H36N6O3/c1-6-8-9-10-19(3)20(4)31-25(35-5)18-33-13-11-21(12-14-33)17-30-26(34)24-15-23(29)22(16-28)27(32-24)36-7-2/h6,8-10,15,21H,3-4,7,11-14,17-18H2,1-2,5H3,(H2,29,32)(H,30,34)/b8-6-,10-9-,31-25-. The van der Waals surface area contributed by atoms with Crippen molar-refractivity contribution < 1.29 is 14.3 Å². The molecule has 192 valence electrons. The fourth-order valence-electron chi connectivity index (χ4n) is 3.62. The van der Waals surface area contributed by atoms with Gasteiger partial charge in [0.15, 0.2) is 0 Å². The van der Waals surface area contributed by atoms with Gasteiger partial charge in [-0.1, -0.05) is 37.5 Å². The van der Waals surface area contributed by atoms with Crippen LogP contribution < -0.4 is 15.8 Å². The van der Waals surface area contributed by atoms with E-state index in [1.54, 1.807) is 14.0 Å². The number of nitrogens with two attached hydrogens (primary N) is 1. The number of nitrogens with zero attached hydrogens (tertiary/aromatic N) is 4. The summed E-state index contributed by atoms with van der Waals surface area (Å²) in [5, 5.41) is 12.2. The summed E-state index contributed by atoms with van der Waals surface area (Å²) in [6, 6.07) is 3.37. The second-order valence-corrected chi connectivity index (χ2v) is 8.32. The first-order valence-corrected chi connectivity index (χ1v) is 12.0. The van der Waals surface area contributed by atoms with E-state index in [-0.39, 0.29) is 28.7 Å². The maximum Gasteiger partial charge on any atom is 0.270 e. The minimum Gasteiger partial charge on any atom is -0.483 e. The zero-order valence-electron chi connectivity index (χ0n) is 21.4. The summed E-state index contributed by atoms with van der Waals surface area (Å²) in [7, 11) is 1.60. The van der Waals surface area contributed by atoms with Gasteiger partial charge in [0.1, 0.15) is 17.3 Å². The maximum atomic E-state index is 12.7. The lowest BCUT2D eigenvalue weighted by Gasteiger charge is -2.31. The molecule has 0 atom stereocenters. The Morgan fingerprint density at radius 3 is 2.72 bits per heavy atom. The highest BCUT2D eigenvalue weighted by molar-refractivity contribution is 5.93. The molecular formula is C27H36N6O3. The van der Waals surface area contributed by atoms with Gasteiger partial charge in [-0.05, 0) is 57.3 Å². The van der Waals surface area contributed by atoms with Crippen LogP contribution in [-0.2, 0) is 4.74 Å². The molecule has 1 aromatic heterocycles. The van der Waals surface area contributed by atoms with Gasteiger partial charge >= 0.3 is 0 Å². The summed E-state index contributed by atoms with van der Waals surface area (Å²) < 4.78 is 10.8. The number of pyridine rings is 1. The van der Waals surface area contributed by atoms with Crippen molar-refractivity contribution >= 4 is 17.5 Å². The monoisotopic (exact) mass is 492 g/mol. The maximum absolute atomic E-state index is 12.7. The summed E-state index contributed by atoms with van der Waals surface area (Å²) in [6.45, 7) is 14.8. The molecule has 0 unspecified atom stereocenters. The number of allylic oxidation sites excluding steroid dienone is 4. The molecule has 1 saturated heterocycles. The van der Waals surface area contributed by atoms with Crippen molar-refractivity contribution in [3.63, 3.8) is 0 Å². The Hall–Kier alpha value is -3.90. The molecule has 1 amide bonds. The van der Waals surface area contributed by atoms with Crippen molar-refractivity contribution in [2.75, 3.05) is 45.6 Å². The Bertz CT molecular complexity index is 1080. The van der Waals surface area contributed by atoms with Gasteiger partial charge in [-0.2, -0.15) is 5.26 Å². The zero-order chi connectivity index (χ0) is 26.5. The van der Waals surface area contributed by atoms with Gasteiger partial charge in [-0.25, -0.2) is 9.98 Å². The second kappa shape index (κ2) is 14.5. The molecule has 0 radical (unpaired) electrons. The van der Waals surface area contributed by atoms with E-state index in [4.69, 9.17) is 15.2 Å². The molecule has 0 spiro atoms. The number of likely N-dealkylation sites (tertiary alicyclic amines) is 1. The number of piperidine rings is 1. The molecule has 9 nitrogen and oxygen atoms in total. The third-order valence-electron chi connectivity index (χ3n) is 5.73. The number of hydrogen-bond acceptors (Lipinski definition) is 8. The van der Waals surface area contributed by atoms with Crippen LogP contribution in [0.1, 0.15) is 42.7 Å². The smallest absolute Gasteiger partial charge is 0.270 e. The Morgan fingerprint density at radius 1 is 1.39 bits per heavy atom. The highest BCUT2D eigenvalue weighted by Crippen LogP contribution is 2.23. The highest BCUT2D eigenvalue weighted by Gasteiger charge is 2.22. The van der Waals surface area contributed by atoms with E-state index in [1.807, 2.05) is 37.3 Å². The number of hydrogen-bond donors (Lipinski definition) is 2. The first kappa shape index (κ1) is 28.3. The molecule has 1 aliphatic rings. The Labute approximate surface area is 213 Å². The van der Waals surface area contributed by atoms with Gasteiger partial charge in [0.25, 0.3) is 5.91 Å². The predicted molar refractivity (Wildman–Crippen MR) is 143 cm³/mol. The molecule has 9 heteroatoms. The number of aliphatic imine (C=N–C) groups is 1. The highest BCUT2D eigenvalue weighted by atomic mass is 16.5. The average molecular weight is 493 g/mol. The van der Waals surface area contributed by atoms with Gasteiger partial charge < -0.3 is 20.5 Å². The van der Waals surface area contributed by atoms with Crippen molar-refractivity contribution in [3.05, 3.63) is 66.1 Å². The van der Waals surface area contributed by atoms with Crippen LogP contribution in [0.5, 0.6) is 5.88 Å². The van der Waals surface area contributed by atoms with Crippen LogP contribution in [0.2, 0.25) is 0 Å². The minimum atomic E-state index is -0.342. The normalized spacial score (nSPS) is 15.1. The number of nitrogen functional groups attached to an aromatic ring is 1. The number of nitriles is 1. The van der Waals surface area contributed by atoms with E-state index in [0.717, 1.165) is 31.5 Å². The molecular weight excluding hydrogens is 456 g/mol. The molecule has 2 heterocycles. The Kier molecular flexibility index (Phi) is 11.4. The van der Waals surface area contributed by atoms with Crippen LogP contribution in [0.4, 0.5) is 5.69 Å². The molecule has 3 N–H and O–H groups in total. The Balaban J connectivity index is 1.87. The summed E-state index contributed by atoms with van der Waals surface area (Å²) in [5.74, 6) is 0.656. The van der Waals surface area contributed by atoms with Crippen molar-refractivity contribution in [3.8, 4) is 11.9 Å². The van der Waals surface area contributed by atoms with Crippen molar-refractivity contribution in [2.24, 2.45) is 10.9 Å². The first-order chi connectivity index (χ1) is 17.3. The molecule has 1 fully saturated rings. The van der Waals surface area contributed by atoms with E-state index in [2.05, 4.69) is 33.4 Å². The van der Waals surface area contributed by atoms with Crippen LogP contribution in [0.15, 0.2) is 59.8 Å². The number of aromatic nitrogens is 1. The number of methoxy groups -OCH3 is 1. The third-order valence-corrected chi connectivity index (χ3v) is 5.73. The van der Waals surface area contributed by atoms with Crippen LogP contribution in [0.3, 0.4) is 0 Å². The largest absolute Gasteiger partial charge is 0.483 e. The molecule has 0 aromatic carbocycles. The first-order valence-electron chi connectivity index (χ1n) is 12.0. The molecule has 1 aliphatic heterocycles. The summed E-state index contributed by atoms with van der Waals surface area (Å²) in [6.07, 6.45) is 9.44. The van der Waals surface area contributed by atoms with E-state index in [1.165, 1.54) is 6.07 Å². The van der Waals surface area contributed by atoms with Crippen molar-refractivity contribution in [1.29, 1.82) is 5.26 Å². The van der Waals surface area contributed by atoms with E-state index in [9.17, 15) is 10.1 Å². The average Bonchev–Trinajstić information content (AvgIpc) is 2.87. The van der Waals surface area contributed by atoms with Gasteiger partial charge in [0, 0.05) is 6.54 Å². The van der Waals surface area contributed by atoms with Crippen LogP contribution >= 0.6 is 0 Å². The van der Waals surface area contributed by atoms with E-state index in [0.29, 0.717) is 37.2 Å². The number of rotatable bonds is 11. The molecule has 1 aromatic rings. The minimum absolute atomic E-state index is 0.0779. The zero-order valence-corrected chi connectivity index (χ0v) is 21.4. The molecule has 0 bridgehead atoms. The third kappa shape index (κ3) is 8.40. The van der Waals surface area contributed by atoms with E-state index >= 15 is 0 Å². The molecule has 2 rings (SSSR count). The number of nitrogens with one attached hydrogen (secondary N) is 1. The molecule has 0 saturated carbocycles. The Morgan fingerprint density at radius 2 is 2.11 bits per heavy atom. The van der Waals surface area contributed by atoms with Crippen molar-refractivity contribution in [2.45, 2.75) is 26.7 Å². The molecule has 36 heavy (non-hydrogen) atoms. The quantitative estimate of drug-likeness (QED) is 0.274. The van der Waals surface area contributed by atoms with Gasteiger partial charge in [-0.15, -0.1) is 0 Å². The van der Waals surface area contributed by atoms with Gasteiger partial charge in [-0.3, -0.25) is 9.69 Å². The number of carbonyl (C=O) groups excluding carboxylic acids is 1. The van der Waals surface area contributed by atoms with Gasteiger partial charge in [0.2, 0.25) is 11.8 Å². The SMILES string of the molecule is C=C(/C=C\C=C/C)C(=C)/N=C(/CN1CCC(CNC(=O)c2cc(N)c(C#N)c(OCC)n2)CC1)OC. The summed E-state index contributed by atoms with van der Waals surface area (Å²) >= 11 is 0. The van der Waals surface area contributed by atoms with Gasteiger partial charge in [0.05, 0.1) is 31.6 Å². The predicted octanol–water partition coefficient (Wildman–Crippen LogP) is 3.62. The summed E-state index contributed by atoms with van der Waals surface area (Å²) in [4.78, 5) is 23.6. The number of ether oxygens (including phenoxy) is 2. The second-order valence-electron chi connectivity index (χ2n) is 8.32. The lowest BCUT2D eigenvalue weighted by molar-refractivity contribution is 0.0931. The van der Waals surface area contributed by atoms with Crippen LogP contribution in [0, 0.1) is 17.2 Å². The fraction of sp³-hybridized carbons (Fsp3) is 0.407. The van der Waals surface area contributed by atoms with E-state index < -0.39 is 0 Å². The van der Waals surface area contributed by atoms with Crippen LogP contribution in [-0.4, -0.2) is 61.6 Å². The lowest BCUT2D eigenvalue weighted by atomic mass is 9.96. The lowest BCUT2D eigenvalue weighted by Crippen LogP contribution is -2.41. The van der Waals surface area contributed by atoms with Crippen LogP contribution in [0.25, 0.3) is 0 Å². The number of amides is 1. The number of anilines is 1. The number of carbonyl (C=O) groups is 1. The summed E-state index contributed by atoms with van der Waals surface area (Å²) in [5.41, 5.74) is 7.65. The van der Waals surface area contributed by atoms with Crippen molar-refractivity contribution in [1.82, 2.24) is 15.2 Å². The fourth-order valence-corrected chi connectivity index (χ4v) is 3.62. The topological polar surface area (TPSA) is 126 Å².